The van der Waals surface area contributed by atoms with Crippen molar-refractivity contribution in [3.05, 3.63) is 69.2 Å². The molecule has 1 fully saturated rings. The Balaban J connectivity index is 1.93. The van der Waals surface area contributed by atoms with Gasteiger partial charge in [0.25, 0.3) is 0 Å². The molecule has 10 heteroatoms. The highest BCUT2D eigenvalue weighted by Crippen LogP contribution is 2.37. The molecule has 0 bridgehead atoms. The maximum absolute atomic E-state index is 12.5. The van der Waals surface area contributed by atoms with E-state index in [9.17, 15) is 33.6 Å². The molecule has 194 valence electrons. The van der Waals surface area contributed by atoms with Crippen LogP contribution in [0, 0.1) is 0 Å². The first-order valence-electron chi connectivity index (χ1n) is 11.4. The Morgan fingerprint density at radius 3 is 2.23 bits per heavy atom. The van der Waals surface area contributed by atoms with Crippen LogP contribution in [0.2, 0.25) is 5.02 Å². The molecule has 0 spiro atoms. The fourth-order valence-electron chi connectivity index (χ4n) is 4.14. The van der Waals surface area contributed by atoms with E-state index in [1.54, 1.807) is 12.1 Å². The second kappa shape index (κ2) is 12.0. The van der Waals surface area contributed by atoms with Gasteiger partial charge in [0, 0.05) is 5.02 Å². The molecule has 35 heavy (non-hydrogen) atoms. The number of benzene rings is 2. The summed E-state index contributed by atoms with van der Waals surface area (Å²) in [7, 11) is 0. The smallest absolute Gasteiger partial charge is 0.394 e. The van der Waals surface area contributed by atoms with Crippen molar-refractivity contribution in [2.75, 3.05) is 19.8 Å². The molecule has 3 rings (SSSR count). The van der Waals surface area contributed by atoms with Crippen molar-refractivity contribution in [3.8, 4) is 0 Å². The molecule has 6 nitrogen and oxygen atoms in total. The molecule has 1 aliphatic rings. The van der Waals surface area contributed by atoms with Crippen molar-refractivity contribution in [2.45, 2.75) is 62.9 Å². The van der Waals surface area contributed by atoms with Crippen LogP contribution in [0.3, 0.4) is 0 Å². The van der Waals surface area contributed by atoms with Gasteiger partial charge in [-0.15, -0.1) is 0 Å². The second-order valence-corrected chi connectivity index (χ2v) is 9.06. The molecule has 1 heterocycles. The number of aryl methyl sites for hydroxylation is 1. The maximum Gasteiger partial charge on any atom is 0.411 e. The first kappa shape index (κ1) is 27.9. The molecule has 1 aliphatic heterocycles. The molecule has 0 saturated carbocycles. The standard InChI is InChI=1S/C25H30ClF3O6/c1-2-14-3-5-15(6-4-14)9-17-10-18(24-23(33)22(32)21(31)20(12-30)35-24)16(11-19(17)26)7-8-34-13-25(27,28)29/h3-6,10-11,20-24,30-33H,2,7-9,12-13H2,1H3/t20?,21-,22+,23-,24?/m1/s1. The third-order valence-corrected chi connectivity index (χ3v) is 6.47. The highest BCUT2D eigenvalue weighted by molar-refractivity contribution is 6.31. The third-order valence-electron chi connectivity index (χ3n) is 6.11. The molecule has 0 aromatic heterocycles. The van der Waals surface area contributed by atoms with Crippen molar-refractivity contribution in [3.63, 3.8) is 0 Å². The van der Waals surface area contributed by atoms with Crippen molar-refractivity contribution >= 4 is 11.6 Å². The van der Waals surface area contributed by atoms with E-state index in [4.69, 9.17) is 21.1 Å². The minimum Gasteiger partial charge on any atom is -0.394 e. The molecule has 0 radical (unpaired) electrons. The van der Waals surface area contributed by atoms with Crippen LogP contribution in [0.4, 0.5) is 13.2 Å². The summed E-state index contributed by atoms with van der Waals surface area (Å²) >= 11 is 6.52. The lowest BCUT2D eigenvalue weighted by molar-refractivity contribution is -0.231. The third kappa shape index (κ3) is 7.16. The maximum atomic E-state index is 12.5. The van der Waals surface area contributed by atoms with Crippen molar-refractivity contribution < 1.29 is 43.1 Å². The van der Waals surface area contributed by atoms with E-state index in [0.717, 1.165) is 12.0 Å². The van der Waals surface area contributed by atoms with Crippen LogP contribution < -0.4 is 0 Å². The normalized spacial score (nSPS) is 25.1. The topological polar surface area (TPSA) is 99.4 Å². The first-order chi connectivity index (χ1) is 16.5. The molecule has 2 aromatic carbocycles. The van der Waals surface area contributed by atoms with Crippen LogP contribution in [0.15, 0.2) is 36.4 Å². The van der Waals surface area contributed by atoms with Gasteiger partial charge in [-0.2, -0.15) is 13.2 Å². The quantitative estimate of drug-likeness (QED) is 0.381. The van der Waals surface area contributed by atoms with Crippen LogP contribution in [0.5, 0.6) is 0 Å². The summed E-state index contributed by atoms with van der Waals surface area (Å²) < 4.78 is 47.8. The van der Waals surface area contributed by atoms with E-state index in [1.165, 1.54) is 5.56 Å². The number of aliphatic hydroxyl groups excluding tert-OH is 4. The Kier molecular flexibility index (Phi) is 9.56. The van der Waals surface area contributed by atoms with Gasteiger partial charge in [-0.25, -0.2) is 0 Å². The van der Waals surface area contributed by atoms with Crippen LogP contribution in [-0.2, 0) is 28.7 Å². The summed E-state index contributed by atoms with van der Waals surface area (Å²) in [6.45, 7) is -0.217. The summed E-state index contributed by atoms with van der Waals surface area (Å²) in [6.07, 6.45) is -10.0. The summed E-state index contributed by atoms with van der Waals surface area (Å²) in [5, 5.41) is 41.0. The van der Waals surface area contributed by atoms with E-state index >= 15 is 0 Å². The fourth-order valence-corrected chi connectivity index (χ4v) is 4.39. The molecular weight excluding hydrogens is 489 g/mol. The molecular formula is C25H30ClF3O6. The zero-order valence-corrected chi connectivity index (χ0v) is 20.0. The van der Waals surface area contributed by atoms with E-state index in [2.05, 4.69) is 6.92 Å². The lowest BCUT2D eigenvalue weighted by atomic mass is 9.87. The van der Waals surface area contributed by atoms with Crippen molar-refractivity contribution in [2.24, 2.45) is 0 Å². The average Bonchev–Trinajstić information content (AvgIpc) is 2.82. The molecule has 0 aliphatic carbocycles. The van der Waals surface area contributed by atoms with Gasteiger partial charge in [0.15, 0.2) is 0 Å². The van der Waals surface area contributed by atoms with Gasteiger partial charge in [-0.1, -0.05) is 48.9 Å². The Hall–Kier alpha value is -1.72. The van der Waals surface area contributed by atoms with E-state index in [1.807, 2.05) is 24.3 Å². The van der Waals surface area contributed by atoms with Crippen LogP contribution in [0.1, 0.15) is 40.8 Å². The van der Waals surface area contributed by atoms with Crippen LogP contribution in [0.25, 0.3) is 0 Å². The summed E-state index contributed by atoms with van der Waals surface area (Å²) in [5.41, 5.74) is 3.69. The highest BCUT2D eigenvalue weighted by Gasteiger charge is 2.44. The highest BCUT2D eigenvalue weighted by atomic mass is 35.5. The average molecular weight is 519 g/mol. The predicted octanol–water partition coefficient (Wildman–Crippen LogP) is 3.13. The number of alkyl halides is 3. The SMILES string of the molecule is CCc1ccc(Cc2cc(C3OC(CO)[C@@H](O)[C@H](O)[C@H]3O)c(CCOCC(F)(F)F)cc2Cl)cc1. The lowest BCUT2D eigenvalue weighted by Gasteiger charge is -2.41. The van der Waals surface area contributed by atoms with Gasteiger partial charge in [-0.05, 0) is 53.1 Å². The van der Waals surface area contributed by atoms with Crippen molar-refractivity contribution in [1.82, 2.24) is 0 Å². The second-order valence-electron chi connectivity index (χ2n) is 8.66. The number of aliphatic hydroxyl groups is 4. The van der Waals surface area contributed by atoms with Gasteiger partial charge in [-0.3, -0.25) is 0 Å². The number of rotatable bonds is 9. The number of hydrogen-bond donors (Lipinski definition) is 4. The van der Waals surface area contributed by atoms with E-state index < -0.39 is 49.9 Å². The van der Waals surface area contributed by atoms with Gasteiger partial charge < -0.3 is 29.9 Å². The summed E-state index contributed by atoms with van der Waals surface area (Å²) in [4.78, 5) is 0. The van der Waals surface area contributed by atoms with Gasteiger partial charge in [0.05, 0.1) is 13.2 Å². The van der Waals surface area contributed by atoms with Gasteiger partial charge in [0.1, 0.15) is 37.1 Å². The Bertz CT molecular complexity index is 967. The first-order valence-corrected chi connectivity index (χ1v) is 11.8. The molecule has 2 unspecified atom stereocenters. The van der Waals surface area contributed by atoms with Gasteiger partial charge >= 0.3 is 6.18 Å². The van der Waals surface area contributed by atoms with Crippen molar-refractivity contribution in [1.29, 1.82) is 0 Å². The Labute approximate surface area is 206 Å². The van der Waals surface area contributed by atoms with Gasteiger partial charge in [0.2, 0.25) is 0 Å². The molecule has 0 amide bonds. The zero-order valence-electron chi connectivity index (χ0n) is 19.2. The minimum absolute atomic E-state index is 0.0334. The summed E-state index contributed by atoms with van der Waals surface area (Å²) in [6, 6.07) is 11.2. The number of hydrogen-bond acceptors (Lipinski definition) is 6. The molecule has 5 atom stereocenters. The number of ether oxygens (including phenoxy) is 2. The predicted molar refractivity (Wildman–Crippen MR) is 123 cm³/mol. The minimum atomic E-state index is -4.46. The molecule has 1 saturated heterocycles. The molecule has 2 aromatic rings. The largest absolute Gasteiger partial charge is 0.411 e. The zero-order chi connectivity index (χ0) is 25.8. The van der Waals surface area contributed by atoms with Crippen LogP contribution >= 0.6 is 11.6 Å². The monoisotopic (exact) mass is 518 g/mol. The van der Waals surface area contributed by atoms with E-state index in [-0.39, 0.29) is 13.0 Å². The fraction of sp³-hybridized carbons (Fsp3) is 0.520. The number of halogens is 4. The Morgan fingerprint density at radius 2 is 1.63 bits per heavy atom. The van der Waals surface area contributed by atoms with Crippen LogP contribution in [-0.4, -0.2) is 70.8 Å². The lowest BCUT2D eigenvalue weighted by Crippen LogP contribution is -2.55. The van der Waals surface area contributed by atoms with E-state index in [0.29, 0.717) is 28.1 Å². The Morgan fingerprint density at radius 1 is 0.971 bits per heavy atom. The summed E-state index contributed by atoms with van der Waals surface area (Å²) in [5.74, 6) is 0. The molecule has 4 N–H and O–H groups in total.